The summed E-state index contributed by atoms with van der Waals surface area (Å²) in [6.45, 7) is 5.93. The third-order valence-electron chi connectivity index (χ3n) is 3.90. The lowest BCUT2D eigenvalue weighted by atomic mass is 10.0. The Hall–Kier alpha value is -1.92. The number of hydrogen-bond acceptors (Lipinski definition) is 4. The number of likely N-dealkylation sites (N-methyl/N-ethyl adjacent to an activating group) is 1. The molecule has 0 bridgehead atoms. The monoisotopic (exact) mass is 304 g/mol. The molecule has 3 N–H and O–H groups in total. The highest BCUT2D eigenvalue weighted by Crippen LogP contribution is 2.21. The summed E-state index contributed by atoms with van der Waals surface area (Å²) < 4.78 is 0. The molecular formula is C16H24N4O2. The molecule has 0 saturated carbocycles. The average molecular weight is 304 g/mol. The minimum absolute atomic E-state index is 0.0467. The van der Waals surface area contributed by atoms with Gasteiger partial charge in [0.2, 0.25) is 11.8 Å². The molecule has 0 aromatic heterocycles. The normalized spacial score (nSPS) is 17.9. The fourth-order valence-electron chi connectivity index (χ4n) is 2.83. The maximum atomic E-state index is 11.8. The number of nitrogens with zero attached hydrogens (tertiary/aromatic N) is 2. The molecule has 0 aliphatic carbocycles. The van der Waals surface area contributed by atoms with Gasteiger partial charge in [-0.25, -0.2) is 0 Å². The molecule has 120 valence electrons. The molecule has 1 atom stereocenters. The van der Waals surface area contributed by atoms with E-state index in [0.29, 0.717) is 13.1 Å². The smallest absolute Gasteiger partial charge is 0.239 e. The van der Waals surface area contributed by atoms with Crippen LogP contribution in [0.15, 0.2) is 30.3 Å². The summed E-state index contributed by atoms with van der Waals surface area (Å²) in [7, 11) is 0. The lowest BCUT2D eigenvalue weighted by Gasteiger charge is -2.37. The number of piperazine rings is 1. The molecule has 0 spiro atoms. The zero-order valence-corrected chi connectivity index (χ0v) is 13.0. The van der Waals surface area contributed by atoms with E-state index in [4.69, 9.17) is 5.73 Å². The van der Waals surface area contributed by atoms with Crippen molar-refractivity contribution in [1.82, 2.24) is 15.1 Å². The van der Waals surface area contributed by atoms with Gasteiger partial charge in [-0.05, 0) is 12.5 Å². The summed E-state index contributed by atoms with van der Waals surface area (Å²) >= 11 is 0. The molecule has 1 heterocycles. The van der Waals surface area contributed by atoms with Gasteiger partial charge in [-0.15, -0.1) is 0 Å². The Labute approximate surface area is 131 Å². The van der Waals surface area contributed by atoms with Crippen molar-refractivity contribution >= 4 is 11.8 Å². The summed E-state index contributed by atoms with van der Waals surface area (Å²) in [6.07, 6.45) is 0. The second-order valence-corrected chi connectivity index (χ2v) is 5.48. The van der Waals surface area contributed by atoms with E-state index in [1.807, 2.05) is 37.3 Å². The number of nitrogens with two attached hydrogens (primary N) is 1. The predicted molar refractivity (Wildman–Crippen MR) is 85.1 cm³/mol. The number of primary amides is 1. The van der Waals surface area contributed by atoms with Gasteiger partial charge in [0.15, 0.2) is 0 Å². The lowest BCUT2D eigenvalue weighted by molar-refractivity contribution is -0.126. The van der Waals surface area contributed by atoms with Crippen LogP contribution in [-0.4, -0.2) is 60.9 Å². The van der Waals surface area contributed by atoms with Gasteiger partial charge in [0.25, 0.3) is 0 Å². The second kappa shape index (κ2) is 7.91. The Bertz CT molecular complexity index is 498. The van der Waals surface area contributed by atoms with E-state index in [-0.39, 0.29) is 11.8 Å². The Morgan fingerprint density at radius 3 is 2.36 bits per heavy atom. The van der Waals surface area contributed by atoms with Crippen molar-refractivity contribution in [1.29, 1.82) is 0 Å². The summed E-state index contributed by atoms with van der Waals surface area (Å²) in [5.74, 6) is -0.283. The van der Waals surface area contributed by atoms with Crippen molar-refractivity contribution in [2.45, 2.75) is 13.0 Å². The highest BCUT2D eigenvalue weighted by molar-refractivity contribution is 5.81. The Balaban J connectivity index is 1.94. The summed E-state index contributed by atoms with van der Waals surface area (Å²) in [6, 6.07) is 9.21. The molecule has 0 unspecified atom stereocenters. The number of benzene rings is 1. The van der Waals surface area contributed by atoms with Crippen molar-refractivity contribution in [2.75, 3.05) is 39.3 Å². The van der Waals surface area contributed by atoms with Crippen LogP contribution in [0.3, 0.4) is 0 Å². The van der Waals surface area contributed by atoms with Crippen LogP contribution in [0.1, 0.15) is 18.5 Å². The maximum absolute atomic E-state index is 11.8. The van der Waals surface area contributed by atoms with Crippen LogP contribution in [0.5, 0.6) is 0 Å². The molecule has 1 aliphatic rings. The first-order valence-electron chi connectivity index (χ1n) is 7.69. The van der Waals surface area contributed by atoms with Crippen molar-refractivity contribution < 1.29 is 9.59 Å². The van der Waals surface area contributed by atoms with E-state index < -0.39 is 6.04 Å². The van der Waals surface area contributed by atoms with Crippen molar-refractivity contribution in [3.05, 3.63) is 35.9 Å². The predicted octanol–water partition coefficient (Wildman–Crippen LogP) is -0.0333. The standard InChI is InChI=1S/C16H24N4O2/c1-2-18-14(21)12-19-8-10-20(11-9-19)15(16(17)22)13-6-4-3-5-7-13/h3-7,15H,2,8-12H2,1H3,(H2,17,22)(H,18,21)/t15-/m0/s1. The molecular weight excluding hydrogens is 280 g/mol. The summed E-state index contributed by atoms with van der Waals surface area (Å²) in [5.41, 5.74) is 6.52. The van der Waals surface area contributed by atoms with Crippen LogP contribution in [0.4, 0.5) is 0 Å². The number of nitrogens with one attached hydrogen (secondary N) is 1. The van der Waals surface area contributed by atoms with Crippen LogP contribution >= 0.6 is 0 Å². The highest BCUT2D eigenvalue weighted by Gasteiger charge is 2.29. The van der Waals surface area contributed by atoms with Crippen LogP contribution in [0, 0.1) is 0 Å². The molecule has 1 saturated heterocycles. The number of carbonyl (C=O) groups excluding carboxylic acids is 2. The molecule has 2 rings (SSSR count). The Morgan fingerprint density at radius 1 is 1.18 bits per heavy atom. The Morgan fingerprint density at radius 2 is 1.82 bits per heavy atom. The lowest BCUT2D eigenvalue weighted by Crippen LogP contribution is -2.52. The van der Waals surface area contributed by atoms with E-state index in [1.165, 1.54) is 0 Å². The van der Waals surface area contributed by atoms with Gasteiger partial charge in [-0.2, -0.15) is 0 Å². The molecule has 1 aromatic carbocycles. The second-order valence-electron chi connectivity index (χ2n) is 5.48. The third-order valence-corrected chi connectivity index (χ3v) is 3.90. The largest absolute Gasteiger partial charge is 0.368 e. The SMILES string of the molecule is CCNC(=O)CN1CCN([C@H](C(N)=O)c2ccccc2)CC1. The van der Waals surface area contributed by atoms with Gasteiger partial charge >= 0.3 is 0 Å². The molecule has 6 nitrogen and oxygen atoms in total. The van der Waals surface area contributed by atoms with Crippen molar-refractivity contribution in [3.8, 4) is 0 Å². The van der Waals surface area contributed by atoms with Gasteiger partial charge in [0.05, 0.1) is 6.54 Å². The van der Waals surface area contributed by atoms with Gasteiger partial charge in [0, 0.05) is 32.7 Å². The maximum Gasteiger partial charge on any atom is 0.239 e. The fraction of sp³-hybridized carbons (Fsp3) is 0.500. The van der Waals surface area contributed by atoms with Crippen LogP contribution < -0.4 is 11.1 Å². The minimum Gasteiger partial charge on any atom is -0.368 e. The van der Waals surface area contributed by atoms with Crippen LogP contribution in [-0.2, 0) is 9.59 Å². The number of amides is 2. The van der Waals surface area contributed by atoms with E-state index in [0.717, 1.165) is 31.7 Å². The fourth-order valence-corrected chi connectivity index (χ4v) is 2.83. The van der Waals surface area contributed by atoms with Gasteiger partial charge < -0.3 is 11.1 Å². The average Bonchev–Trinajstić information content (AvgIpc) is 2.50. The number of carbonyl (C=O) groups is 2. The zero-order valence-electron chi connectivity index (χ0n) is 13.0. The Kier molecular flexibility index (Phi) is 5.91. The molecule has 6 heteroatoms. The first kappa shape index (κ1) is 16.5. The van der Waals surface area contributed by atoms with E-state index in [9.17, 15) is 9.59 Å². The summed E-state index contributed by atoms with van der Waals surface area (Å²) in [4.78, 5) is 27.7. The summed E-state index contributed by atoms with van der Waals surface area (Å²) in [5, 5.41) is 2.80. The molecule has 1 aromatic rings. The first-order valence-corrected chi connectivity index (χ1v) is 7.69. The van der Waals surface area contributed by atoms with E-state index in [1.54, 1.807) is 0 Å². The van der Waals surface area contributed by atoms with Crippen molar-refractivity contribution in [2.24, 2.45) is 5.73 Å². The van der Waals surface area contributed by atoms with Crippen LogP contribution in [0.2, 0.25) is 0 Å². The quantitative estimate of drug-likeness (QED) is 0.773. The van der Waals surface area contributed by atoms with E-state index in [2.05, 4.69) is 15.1 Å². The van der Waals surface area contributed by atoms with Gasteiger partial charge in [-0.1, -0.05) is 30.3 Å². The van der Waals surface area contributed by atoms with Gasteiger partial charge in [0.1, 0.15) is 6.04 Å². The number of hydrogen-bond donors (Lipinski definition) is 2. The minimum atomic E-state index is -0.396. The molecule has 0 radical (unpaired) electrons. The first-order chi connectivity index (χ1) is 10.6. The highest BCUT2D eigenvalue weighted by atomic mass is 16.2. The molecule has 22 heavy (non-hydrogen) atoms. The molecule has 1 fully saturated rings. The molecule has 2 amide bonds. The van der Waals surface area contributed by atoms with Gasteiger partial charge in [-0.3, -0.25) is 19.4 Å². The van der Waals surface area contributed by atoms with Crippen molar-refractivity contribution in [3.63, 3.8) is 0 Å². The zero-order chi connectivity index (χ0) is 15.9. The van der Waals surface area contributed by atoms with E-state index >= 15 is 0 Å². The topological polar surface area (TPSA) is 78.7 Å². The number of rotatable bonds is 6. The molecule has 1 aliphatic heterocycles. The van der Waals surface area contributed by atoms with Crippen LogP contribution in [0.25, 0.3) is 0 Å². The third kappa shape index (κ3) is 4.29.